The first-order valence-corrected chi connectivity index (χ1v) is 5.84. The summed E-state index contributed by atoms with van der Waals surface area (Å²) in [6.45, 7) is 3.51. The van der Waals surface area contributed by atoms with E-state index in [0.29, 0.717) is 19.1 Å². The maximum Gasteiger partial charge on any atom is 0.246 e. The minimum Gasteiger partial charge on any atom is -0.381 e. The van der Waals surface area contributed by atoms with Crippen LogP contribution in [0.3, 0.4) is 0 Å². The predicted octanol–water partition coefficient (Wildman–Crippen LogP) is 1.09. The van der Waals surface area contributed by atoms with Gasteiger partial charge in [-0.05, 0) is 25.7 Å². The summed E-state index contributed by atoms with van der Waals surface area (Å²) in [5.74, 6) is 1.40. The average molecular weight is 223 g/mol. The van der Waals surface area contributed by atoms with E-state index in [2.05, 4.69) is 17.1 Å². The van der Waals surface area contributed by atoms with Gasteiger partial charge in [0.15, 0.2) is 5.82 Å². The monoisotopic (exact) mass is 223 g/mol. The number of rotatable bonds is 2. The summed E-state index contributed by atoms with van der Waals surface area (Å²) in [6, 6.07) is 0. The molecule has 3 rings (SSSR count). The Kier molecular flexibility index (Phi) is 2.09. The molecule has 2 heterocycles. The minimum absolute atomic E-state index is 0.142. The van der Waals surface area contributed by atoms with Gasteiger partial charge in [-0.2, -0.15) is 4.98 Å². The Morgan fingerprint density at radius 3 is 2.50 bits per heavy atom. The lowest BCUT2D eigenvalue weighted by molar-refractivity contribution is 0.0400. The number of aromatic nitrogens is 2. The maximum absolute atomic E-state index is 6.28. The smallest absolute Gasteiger partial charge is 0.246 e. The molecule has 1 aliphatic heterocycles. The Hall–Kier alpha value is -0.940. The van der Waals surface area contributed by atoms with Crippen molar-refractivity contribution in [3.63, 3.8) is 0 Å². The molecule has 5 heteroatoms. The van der Waals surface area contributed by atoms with Crippen molar-refractivity contribution in [2.45, 2.75) is 43.6 Å². The third-order valence-corrected chi connectivity index (χ3v) is 3.78. The van der Waals surface area contributed by atoms with Crippen LogP contribution >= 0.6 is 0 Å². The minimum atomic E-state index is -0.477. The molecule has 0 bridgehead atoms. The lowest BCUT2D eigenvalue weighted by Crippen LogP contribution is -2.42. The van der Waals surface area contributed by atoms with E-state index in [9.17, 15) is 0 Å². The summed E-state index contributed by atoms with van der Waals surface area (Å²) in [5, 5.41) is 4.06. The van der Waals surface area contributed by atoms with Crippen molar-refractivity contribution in [3.05, 3.63) is 11.7 Å². The van der Waals surface area contributed by atoms with Crippen LogP contribution in [0.25, 0.3) is 0 Å². The molecule has 2 aliphatic rings. The zero-order chi connectivity index (χ0) is 11.2. The fourth-order valence-corrected chi connectivity index (χ4v) is 2.03. The van der Waals surface area contributed by atoms with E-state index in [-0.39, 0.29) is 5.41 Å². The lowest BCUT2D eigenvalue weighted by atomic mass is 9.91. The fourth-order valence-electron chi connectivity index (χ4n) is 2.03. The van der Waals surface area contributed by atoms with Gasteiger partial charge in [0.1, 0.15) is 5.54 Å². The van der Waals surface area contributed by atoms with Gasteiger partial charge in [0.2, 0.25) is 5.89 Å². The first kappa shape index (κ1) is 10.2. The molecule has 88 valence electrons. The molecule has 0 unspecified atom stereocenters. The lowest BCUT2D eigenvalue weighted by Gasteiger charge is -2.29. The second-order valence-electron chi connectivity index (χ2n) is 5.25. The highest BCUT2D eigenvalue weighted by Gasteiger charge is 2.45. The molecular formula is C11H17N3O2. The van der Waals surface area contributed by atoms with E-state index >= 15 is 0 Å². The quantitative estimate of drug-likeness (QED) is 0.812. The molecule has 1 aromatic heterocycles. The standard InChI is InChI=1S/C11H17N3O2/c1-10(2-3-10)8-13-9(16-14-8)11(12)4-6-15-7-5-11/h2-7,12H2,1H3. The van der Waals surface area contributed by atoms with Gasteiger partial charge < -0.3 is 15.0 Å². The summed E-state index contributed by atoms with van der Waals surface area (Å²) in [7, 11) is 0. The largest absolute Gasteiger partial charge is 0.381 e. The number of hydrogen-bond acceptors (Lipinski definition) is 5. The Bertz CT molecular complexity index is 392. The topological polar surface area (TPSA) is 74.2 Å². The Morgan fingerprint density at radius 1 is 1.19 bits per heavy atom. The van der Waals surface area contributed by atoms with Crippen molar-refractivity contribution >= 4 is 0 Å². The molecule has 1 aromatic rings. The van der Waals surface area contributed by atoms with Crippen LogP contribution in [-0.4, -0.2) is 23.4 Å². The number of hydrogen-bond donors (Lipinski definition) is 1. The van der Waals surface area contributed by atoms with Crippen LogP contribution < -0.4 is 5.73 Å². The van der Waals surface area contributed by atoms with Crippen LogP contribution in [0.5, 0.6) is 0 Å². The normalized spacial score (nSPS) is 26.6. The number of ether oxygens (including phenoxy) is 1. The van der Waals surface area contributed by atoms with E-state index in [1.54, 1.807) is 0 Å². The third-order valence-electron chi connectivity index (χ3n) is 3.78. The summed E-state index contributed by atoms with van der Waals surface area (Å²) in [4.78, 5) is 4.48. The van der Waals surface area contributed by atoms with Gasteiger partial charge in [0, 0.05) is 18.6 Å². The van der Waals surface area contributed by atoms with Crippen molar-refractivity contribution in [2.24, 2.45) is 5.73 Å². The molecule has 2 N–H and O–H groups in total. The van der Waals surface area contributed by atoms with E-state index in [0.717, 1.165) is 31.5 Å². The second kappa shape index (κ2) is 3.28. The Labute approximate surface area is 94.3 Å². The van der Waals surface area contributed by atoms with Crippen LogP contribution in [0.15, 0.2) is 4.52 Å². The van der Waals surface area contributed by atoms with E-state index in [1.165, 1.54) is 0 Å². The van der Waals surface area contributed by atoms with Gasteiger partial charge in [-0.15, -0.1) is 0 Å². The van der Waals surface area contributed by atoms with Crippen molar-refractivity contribution in [1.82, 2.24) is 10.1 Å². The van der Waals surface area contributed by atoms with E-state index in [4.69, 9.17) is 15.0 Å². The molecule has 2 fully saturated rings. The van der Waals surface area contributed by atoms with Crippen molar-refractivity contribution in [2.75, 3.05) is 13.2 Å². The first-order chi connectivity index (χ1) is 7.62. The van der Waals surface area contributed by atoms with Gasteiger partial charge in [0.25, 0.3) is 0 Å². The van der Waals surface area contributed by atoms with E-state index < -0.39 is 5.54 Å². The molecule has 1 saturated carbocycles. The van der Waals surface area contributed by atoms with Crippen LogP contribution in [0.4, 0.5) is 0 Å². The van der Waals surface area contributed by atoms with Gasteiger partial charge in [0.05, 0.1) is 0 Å². The van der Waals surface area contributed by atoms with Gasteiger partial charge in [-0.1, -0.05) is 12.1 Å². The van der Waals surface area contributed by atoms with Crippen LogP contribution in [0.2, 0.25) is 0 Å². The Balaban J connectivity index is 1.85. The maximum atomic E-state index is 6.28. The molecule has 0 radical (unpaired) electrons. The summed E-state index contributed by atoms with van der Waals surface area (Å²) < 4.78 is 10.6. The van der Waals surface area contributed by atoms with Crippen molar-refractivity contribution in [1.29, 1.82) is 0 Å². The average Bonchev–Trinajstić information content (AvgIpc) is 2.84. The van der Waals surface area contributed by atoms with Gasteiger partial charge >= 0.3 is 0 Å². The highest BCUT2D eigenvalue weighted by molar-refractivity contribution is 5.16. The van der Waals surface area contributed by atoms with Crippen LogP contribution in [-0.2, 0) is 15.7 Å². The second-order valence-corrected chi connectivity index (χ2v) is 5.25. The molecule has 0 spiro atoms. The molecule has 0 atom stereocenters. The van der Waals surface area contributed by atoms with Crippen molar-refractivity contribution < 1.29 is 9.26 Å². The van der Waals surface area contributed by atoms with Crippen LogP contribution in [0, 0.1) is 0 Å². The Morgan fingerprint density at radius 2 is 1.88 bits per heavy atom. The molecule has 1 aliphatic carbocycles. The highest BCUT2D eigenvalue weighted by atomic mass is 16.5. The molecule has 1 saturated heterocycles. The summed E-state index contributed by atoms with van der Waals surface area (Å²) in [6.07, 6.45) is 3.80. The third kappa shape index (κ3) is 1.55. The van der Waals surface area contributed by atoms with Crippen LogP contribution in [0.1, 0.15) is 44.3 Å². The SMILES string of the molecule is CC1(c2noc(C3(N)CCOCC3)n2)CC1. The zero-order valence-electron chi connectivity index (χ0n) is 9.53. The van der Waals surface area contributed by atoms with Gasteiger partial charge in [-0.25, -0.2) is 0 Å². The molecule has 16 heavy (non-hydrogen) atoms. The zero-order valence-corrected chi connectivity index (χ0v) is 9.53. The molecular weight excluding hydrogens is 206 g/mol. The van der Waals surface area contributed by atoms with E-state index in [1.807, 2.05) is 0 Å². The summed E-state index contributed by atoms with van der Waals surface area (Å²) >= 11 is 0. The van der Waals surface area contributed by atoms with Gasteiger partial charge in [-0.3, -0.25) is 0 Å². The summed E-state index contributed by atoms with van der Waals surface area (Å²) in [5.41, 5.74) is 5.95. The number of nitrogens with two attached hydrogens (primary N) is 1. The fraction of sp³-hybridized carbons (Fsp3) is 0.818. The predicted molar refractivity (Wildman–Crippen MR) is 56.8 cm³/mol. The molecule has 0 aromatic carbocycles. The highest BCUT2D eigenvalue weighted by Crippen LogP contribution is 2.46. The molecule has 0 amide bonds. The first-order valence-electron chi connectivity index (χ1n) is 5.84. The number of nitrogens with zero attached hydrogens (tertiary/aromatic N) is 2. The molecule has 5 nitrogen and oxygen atoms in total. The van der Waals surface area contributed by atoms with Crippen molar-refractivity contribution in [3.8, 4) is 0 Å².